The Kier molecular flexibility index (Phi) is 3.96. The maximum atomic E-state index is 12.4. The predicted octanol–water partition coefficient (Wildman–Crippen LogP) is 2.97. The Labute approximate surface area is 142 Å². The fourth-order valence-corrected chi connectivity index (χ4v) is 3.76. The van der Waals surface area contributed by atoms with E-state index in [1.807, 2.05) is 71.5 Å². The van der Waals surface area contributed by atoms with Crippen LogP contribution in [-0.2, 0) is 22.3 Å². The minimum absolute atomic E-state index is 0.461. The summed E-state index contributed by atoms with van der Waals surface area (Å²) >= 11 is 0. The predicted molar refractivity (Wildman–Crippen MR) is 94.3 cm³/mol. The zero-order valence-electron chi connectivity index (χ0n) is 12.9. The van der Waals surface area contributed by atoms with E-state index in [-0.39, 0.29) is 0 Å². The molecule has 0 N–H and O–H groups in total. The van der Waals surface area contributed by atoms with Crippen molar-refractivity contribution in [2.24, 2.45) is 0 Å². The Morgan fingerprint density at radius 1 is 0.958 bits per heavy atom. The second kappa shape index (κ2) is 6.41. The fourth-order valence-electron chi connectivity index (χ4n) is 2.63. The Morgan fingerprint density at radius 2 is 1.83 bits per heavy atom. The highest BCUT2D eigenvalue weighted by Gasteiger charge is 2.07. The van der Waals surface area contributed by atoms with Gasteiger partial charge in [-0.1, -0.05) is 18.2 Å². The average molecular weight is 336 g/mol. The van der Waals surface area contributed by atoms with Gasteiger partial charge < -0.3 is 4.40 Å². The molecule has 0 amide bonds. The molecule has 24 heavy (non-hydrogen) atoms. The van der Waals surface area contributed by atoms with Crippen LogP contribution in [0.5, 0.6) is 0 Å². The largest absolute Gasteiger partial charge is 0.307 e. The van der Waals surface area contributed by atoms with Gasteiger partial charge in [-0.3, -0.25) is 4.21 Å². The standard InChI is InChI=1S/C18H16N4OS/c23-24(14-16-12-21-10-2-1-4-18(21)20-16)13-15-5-7-17(8-6-15)22-11-3-9-19-22/h1-12H,13-14H2. The smallest absolute Gasteiger partial charge is 0.137 e. The lowest BCUT2D eigenvalue weighted by atomic mass is 10.2. The molecule has 1 atom stereocenters. The molecule has 4 aromatic rings. The van der Waals surface area contributed by atoms with Crippen molar-refractivity contribution in [3.05, 3.63) is 84.6 Å². The molecular formula is C18H16N4OS. The molecule has 0 bridgehead atoms. The van der Waals surface area contributed by atoms with E-state index in [1.165, 1.54) is 0 Å². The van der Waals surface area contributed by atoms with Crippen LogP contribution in [0.2, 0.25) is 0 Å². The molecule has 0 fully saturated rings. The highest BCUT2D eigenvalue weighted by molar-refractivity contribution is 7.83. The van der Waals surface area contributed by atoms with Crippen molar-refractivity contribution in [1.29, 1.82) is 0 Å². The molecule has 0 aliphatic heterocycles. The van der Waals surface area contributed by atoms with Crippen LogP contribution < -0.4 is 0 Å². The molecule has 1 unspecified atom stereocenters. The Balaban J connectivity index is 1.44. The molecule has 120 valence electrons. The van der Waals surface area contributed by atoms with Gasteiger partial charge in [-0.15, -0.1) is 0 Å². The molecule has 5 nitrogen and oxygen atoms in total. The summed E-state index contributed by atoms with van der Waals surface area (Å²) in [6.07, 6.45) is 7.53. The van der Waals surface area contributed by atoms with Crippen LogP contribution in [0, 0.1) is 0 Å². The average Bonchev–Trinajstić information content (AvgIpc) is 3.24. The molecule has 3 heterocycles. The van der Waals surface area contributed by atoms with Crippen molar-refractivity contribution in [2.75, 3.05) is 0 Å². The van der Waals surface area contributed by atoms with E-state index in [2.05, 4.69) is 10.1 Å². The van der Waals surface area contributed by atoms with Crippen molar-refractivity contribution < 1.29 is 4.21 Å². The van der Waals surface area contributed by atoms with Crippen LogP contribution in [0.3, 0.4) is 0 Å². The second-order valence-corrected chi connectivity index (χ2v) is 7.00. The molecular weight excluding hydrogens is 320 g/mol. The number of nitrogens with zero attached hydrogens (tertiary/aromatic N) is 4. The van der Waals surface area contributed by atoms with Crippen LogP contribution in [0.15, 0.2) is 73.3 Å². The van der Waals surface area contributed by atoms with Crippen LogP contribution in [0.1, 0.15) is 11.3 Å². The lowest BCUT2D eigenvalue weighted by Gasteiger charge is -2.04. The lowest BCUT2D eigenvalue weighted by Crippen LogP contribution is -2.00. The molecule has 0 radical (unpaired) electrons. The number of pyridine rings is 1. The second-order valence-electron chi connectivity index (χ2n) is 5.54. The van der Waals surface area contributed by atoms with Gasteiger partial charge in [0, 0.05) is 41.3 Å². The van der Waals surface area contributed by atoms with Gasteiger partial charge in [-0.05, 0) is 35.9 Å². The molecule has 0 saturated heterocycles. The number of imidazole rings is 1. The van der Waals surface area contributed by atoms with Gasteiger partial charge in [0.1, 0.15) is 5.65 Å². The van der Waals surface area contributed by atoms with E-state index in [0.29, 0.717) is 11.5 Å². The van der Waals surface area contributed by atoms with Gasteiger partial charge >= 0.3 is 0 Å². The zero-order chi connectivity index (χ0) is 16.4. The summed E-state index contributed by atoms with van der Waals surface area (Å²) in [5, 5.41) is 4.20. The first-order valence-electron chi connectivity index (χ1n) is 7.64. The van der Waals surface area contributed by atoms with Gasteiger partial charge in [0.25, 0.3) is 0 Å². The highest BCUT2D eigenvalue weighted by atomic mass is 32.2. The SMILES string of the molecule is O=S(Cc1ccc(-n2cccn2)cc1)Cc1cn2ccccc2n1. The van der Waals surface area contributed by atoms with Crippen LogP contribution in [0.4, 0.5) is 0 Å². The first-order valence-corrected chi connectivity index (χ1v) is 9.13. The van der Waals surface area contributed by atoms with E-state index >= 15 is 0 Å². The van der Waals surface area contributed by atoms with Crippen molar-refractivity contribution in [2.45, 2.75) is 11.5 Å². The minimum atomic E-state index is -0.990. The first-order chi connectivity index (χ1) is 11.8. The molecule has 6 heteroatoms. The van der Waals surface area contributed by atoms with Crippen molar-refractivity contribution >= 4 is 16.4 Å². The van der Waals surface area contributed by atoms with Gasteiger partial charge in [-0.2, -0.15) is 5.10 Å². The quantitative estimate of drug-likeness (QED) is 0.563. The summed E-state index contributed by atoms with van der Waals surface area (Å²) < 4.78 is 16.2. The van der Waals surface area contributed by atoms with Gasteiger partial charge in [0.2, 0.25) is 0 Å². The topological polar surface area (TPSA) is 52.2 Å². The molecule has 0 saturated carbocycles. The Hall–Kier alpha value is -2.73. The third kappa shape index (κ3) is 3.14. The third-order valence-electron chi connectivity index (χ3n) is 3.76. The number of hydrogen-bond donors (Lipinski definition) is 0. The molecule has 0 aliphatic rings. The molecule has 3 aromatic heterocycles. The molecule has 0 spiro atoms. The van der Waals surface area contributed by atoms with E-state index in [1.54, 1.807) is 10.9 Å². The van der Waals surface area contributed by atoms with Crippen molar-refractivity contribution in [1.82, 2.24) is 19.2 Å². The summed E-state index contributed by atoms with van der Waals surface area (Å²) in [5.41, 5.74) is 3.78. The normalized spacial score (nSPS) is 12.5. The first kappa shape index (κ1) is 14.8. The van der Waals surface area contributed by atoms with Gasteiger partial charge in [0.05, 0.1) is 17.1 Å². The number of benzene rings is 1. The summed E-state index contributed by atoms with van der Waals surface area (Å²) in [6, 6.07) is 15.7. The summed E-state index contributed by atoms with van der Waals surface area (Å²) in [5.74, 6) is 0.982. The summed E-state index contributed by atoms with van der Waals surface area (Å²) in [6.45, 7) is 0. The Bertz CT molecular complexity index is 941. The fraction of sp³-hybridized carbons (Fsp3) is 0.111. The molecule has 1 aromatic carbocycles. The Morgan fingerprint density at radius 3 is 2.58 bits per heavy atom. The van der Waals surface area contributed by atoms with Crippen LogP contribution >= 0.6 is 0 Å². The number of hydrogen-bond acceptors (Lipinski definition) is 3. The minimum Gasteiger partial charge on any atom is -0.307 e. The number of fused-ring (bicyclic) bond motifs is 1. The monoisotopic (exact) mass is 336 g/mol. The maximum Gasteiger partial charge on any atom is 0.137 e. The van der Waals surface area contributed by atoms with E-state index in [0.717, 1.165) is 22.6 Å². The lowest BCUT2D eigenvalue weighted by molar-refractivity contribution is 0.681. The summed E-state index contributed by atoms with van der Waals surface area (Å²) in [7, 11) is -0.990. The molecule has 0 aliphatic carbocycles. The van der Waals surface area contributed by atoms with E-state index in [4.69, 9.17) is 0 Å². The number of aromatic nitrogens is 4. The van der Waals surface area contributed by atoms with Gasteiger partial charge in [0.15, 0.2) is 0 Å². The molecule has 4 rings (SSSR count). The highest BCUT2D eigenvalue weighted by Crippen LogP contribution is 2.13. The van der Waals surface area contributed by atoms with Crippen molar-refractivity contribution in [3.8, 4) is 5.69 Å². The maximum absolute atomic E-state index is 12.4. The van der Waals surface area contributed by atoms with E-state index in [9.17, 15) is 4.21 Å². The van der Waals surface area contributed by atoms with Crippen molar-refractivity contribution in [3.63, 3.8) is 0 Å². The van der Waals surface area contributed by atoms with E-state index < -0.39 is 10.8 Å². The van der Waals surface area contributed by atoms with Gasteiger partial charge in [-0.25, -0.2) is 9.67 Å². The summed E-state index contributed by atoms with van der Waals surface area (Å²) in [4.78, 5) is 4.50. The van der Waals surface area contributed by atoms with Crippen LogP contribution in [-0.4, -0.2) is 23.4 Å². The third-order valence-corrected chi connectivity index (χ3v) is 5.03. The van der Waals surface area contributed by atoms with Crippen LogP contribution in [0.25, 0.3) is 11.3 Å². The number of rotatable bonds is 5. The zero-order valence-corrected chi connectivity index (χ0v) is 13.8.